The second-order valence-electron chi connectivity index (χ2n) is 26.1. The number of ether oxygens (including phenoxy) is 12. The van der Waals surface area contributed by atoms with Crippen LogP contribution in [0.4, 0.5) is 0 Å². The van der Waals surface area contributed by atoms with Gasteiger partial charge < -0.3 is 139 Å². The molecule has 7 heterocycles. The topological polar surface area (TPSA) is 434 Å². The summed E-state index contributed by atoms with van der Waals surface area (Å²) in [6, 6.07) is 0. The Labute approximate surface area is 484 Å². The van der Waals surface area contributed by atoms with Gasteiger partial charge in [0.2, 0.25) is 5.79 Å². The lowest BCUT2D eigenvalue weighted by Gasteiger charge is -2.61. The van der Waals surface area contributed by atoms with E-state index in [-0.39, 0.29) is 42.3 Å². The van der Waals surface area contributed by atoms with Gasteiger partial charge in [0.1, 0.15) is 110 Å². The van der Waals surface area contributed by atoms with Crippen LogP contribution in [0.25, 0.3) is 0 Å². The number of hydrogen-bond acceptors (Lipinski definition) is 28. The minimum absolute atomic E-state index is 0.0372. The van der Waals surface area contributed by atoms with E-state index in [1.54, 1.807) is 0 Å². The molecule has 4 aliphatic carbocycles. The standard InChI is InChI=1S/C56H88O28/c1-18-16-74-56(48(72)44(18)80-52-43(71)39(67)45(21(4)77-52)81-50-41(69)37(65)33(61)19(2)75-50)27(14-57)32-29(84-56)13-26-24-8-7-22-11-23(59)12-31(55(22,6)25(24)9-10-54(26,32)5)79-53-47(83-51-42(70)38(66)34(62)20(3)76-51)46(36(64)30(15-58)78-53)82-49-40(68)35(63)28(60)17-73-49/h7,19-21,23-53,57-72H,1,8-17H2,2-6H3. The van der Waals surface area contributed by atoms with E-state index >= 15 is 0 Å². The lowest BCUT2D eigenvalue weighted by Crippen LogP contribution is -2.67. The predicted octanol–water partition coefficient (Wildman–Crippen LogP) is -5.64. The number of hydrogen-bond donors (Lipinski definition) is 16. The van der Waals surface area contributed by atoms with Crippen LogP contribution in [-0.4, -0.2) is 292 Å². The van der Waals surface area contributed by atoms with E-state index in [9.17, 15) is 81.7 Å². The Balaban J connectivity index is 0.823. The summed E-state index contributed by atoms with van der Waals surface area (Å²) in [5.74, 6) is -3.20. The number of fused-ring (bicyclic) bond motifs is 7. The second kappa shape index (κ2) is 24.2. The van der Waals surface area contributed by atoms with Crippen LogP contribution in [0.1, 0.15) is 73.1 Å². The van der Waals surface area contributed by atoms with Gasteiger partial charge in [0.05, 0.1) is 63.1 Å². The molecule has 0 aromatic carbocycles. The highest BCUT2D eigenvalue weighted by molar-refractivity contribution is 5.29. The lowest BCUT2D eigenvalue weighted by molar-refractivity contribution is -0.393. The summed E-state index contributed by atoms with van der Waals surface area (Å²) in [6.07, 6.45) is -37.8. The van der Waals surface area contributed by atoms with Gasteiger partial charge in [-0.3, -0.25) is 0 Å². The zero-order chi connectivity index (χ0) is 60.5. The normalized spacial score (nSPS) is 57.7. The van der Waals surface area contributed by atoms with Crippen LogP contribution in [0.5, 0.6) is 0 Å². The molecule has 0 aromatic heterocycles. The summed E-state index contributed by atoms with van der Waals surface area (Å²) >= 11 is 0. The molecule has 11 aliphatic rings. The molecule has 10 fully saturated rings. The van der Waals surface area contributed by atoms with Crippen molar-refractivity contribution in [2.45, 2.75) is 257 Å². The molecule has 0 bridgehead atoms. The molecule has 37 unspecified atom stereocenters. The summed E-state index contributed by atoms with van der Waals surface area (Å²) in [5.41, 5.74) is -0.171. The molecular formula is C56H88O28. The fraction of sp³-hybridized carbons (Fsp3) is 0.929. The molecule has 0 amide bonds. The highest BCUT2D eigenvalue weighted by Gasteiger charge is 2.73. The Morgan fingerprint density at radius 1 is 0.595 bits per heavy atom. The monoisotopic (exact) mass is 1210 g/mol. The van der Waals surface area contributed by atoms with Gasteiger partial charge in [0, 0.05) is 23.7 Å². The third kappa shape index (κ3) is 10.5. The van der Waals surface area contributed by atoms with E-state index < -0.39 is 220 Å². The summed E-state index contributed by atoms with van der Waals surface area (Å²) in [6.45, 7) is 10.8. The van der Waals surface area contributed by atoms with Crippen molar-refractivity contribution in [1.82, 2.24) is 0 Å². The van der Waals surface area contributed by atoms with Crippen LogP contribution in [0, 0.1) is 40.4 Å². The third-order valence-electron chi connectivity index (χ3n) is 21.4. The average molecular weight is 1210 g/mol. The maximum absolute atomic E-state index is 12.5. The van der Waals surface area contributed by atoms with Crippen molar-refractivity contribution in [3.63, 3.8) is 0 Å². The molecular weight excluding hydrogens is 1120 g/mol. The van der Waals surface area contributed by atoms with Gasteiger partial charge in [-0.05, 0) is 81.6 Å². The summed E-state index contributed by atoms with van der Waals surface area (Å²) in [4.78, 5) is 0. The molecule has 3 saturated carbocycles. The van der Waals surface area contributed by atoms with Crippen LogP contribution in [-0.2, 0) is 56.8 Å². The van der Waals surface area contributed by atoms with Gasteiger partial charge in [0.25, 0.3) is 0 Å². The largest absolute Gasteiger partial charge is 0.396 e. The van der Waals surface area contributed by atoms with Gasteiger partial charge in [-0.25, -0.2) is 0 Å². The van der Waals surface area contributed by atoms with Crippen LogP contribution >= 0.6 is 0 Å². The fourth-order valence-electron chi connectivity index (χ4n) is 16.6. The number of aliphatic hydroxyl groups excluding tert-OH is 16. The summed E-state index contributed by atoms with van der Waals surface area (Å²) in [5, 5.41) is 176. The van der Waals surface area contributed by atoms with Gasteiger partial charge in [-0.2, -0.15) is 0 Å². The van der Waals surface area contributed by atoms with E-state index in [1.165, 1.54) is 20.8 Å². The van der Waals surface area contributed by atoms with E-state index in [4.69, 9.17) is 56.8 Å². The van der Waals surface area contributed by atoms with E-state index in [0.29, 0.717) is 32.1 Å². The van der Waals surface area contributed by atoms with Crippen LogP contribution in [0.3, 0.4) is 0 Å². The van der Waals surface area contributed by atoms with E-state index in [1.807, 2.05) is 0 Å². The first kappa shape index (κ1) is 63.9. The highest BCUT2D eigenvalue weighted by Crippen LogP contribution is 2.71. The van der Waals surface area contributed by atoms with Crippen molar-refractivity contribution in [2.75, 3.05) is 26.4 Å². The molecule has 37 atom stereocenters. The molecule has 16 N–H and O–H groups in total. The van der Waals surface area contributed by atoms with Crippen LogP contribution < -0.4 is 0 Å². The Bertz CT molecular complexity index is 2340. The van der Waals surface area contributed by atoms with Gasteiger partial charge in [-0.15, -0.1) is 0 Å². The summed E-state index contributed by atoms with van der Waals surface area (Å²) in [7, 11) is 0. The number of rotatable bonds is 12. The molecule has 0 aromatic rings. The molecule has 0 radical (unpaired) electrons. The predicted molar refractivity (Wildman–Crippen MR) is 276 cm³/mol. The van der Waals surface area contributed by atoms with Crippen LogP contribution in [0.2, 0.25) is 0 Å². The molecule has 1 spiro atoms. The van der Waals surface area contributed by atoms with Crippen molar-refractivity contribution < 1.29 is 139 Å². The first-order valence-corrected chi connectivity index (χ1v) is 29.6. The summed E-state index contributed by atoms with van der Waals surface area (Å²) < 4.78 is 74.4. The highest BCUT2D eigenvalue weighted by atomic mass is 16.8. The molecule has 7 saturated heterocycles. The second-order valence-corrected chi connectivity index (χ2v) is 26.1. The zero-order valence-corrected chi connectivity index (χ0v) is 47.5. The Morgan fingerprint density at radius 3 is 1.83 bits per heavy atom. The minimum Gasteiger partial charge on any atom is -0.396 e. The van der Waals surface area contributed by atoms with E-state index in [2.05, 4.69) is 26.5 Å². The zero-order valence-electron chi connectivity index (χ0n) is 47.5. The lowest BCUT2D eigenvalue weighted by atomic mass is 9.46. The Kier molecular flexibility index (Phi) is 18.4. The molecule has 480 valence electrons. The van der Waals surface area contributed by atoms with Crippen molar-refractivity contribution in [3.05, 3.63) is 23.8 Å². The Hall–Kier alpha value is -1.64. The maximum Gasteiger partial charge on any atom is 0.203 e. The quantitative estimate of drug-likeness (QED) is 0.0810. The number of aliphatic hydroxyl groups is 16. The van der Waals surface area contributed by atoms with Crippen molar-refractivity contribution >= 4 is 0 Å². The average Bonchev–Trinajstić information content (AvgIpc) is 1.51. The molecule has 84 heavy (non-hydrogen) atoms. The van der Waals surface area contributed by atoms with Gasteiger partial charge >= 0.3 is 0 Å². The first-order valence-electron chi connectivity index (χ1n) is 29.6. The van der Waals surface area contributed by atoms with Gasteiger partial charge in [0.15, 0.2) is 31.5 Å². The van der Waals surface area contributed by atoms with E-state index in [0.717, 1.165) is 5.57 Å². The van der Waals surface area contributed by atoms with Crippen molar-refractivity contribution in [2.24, 2.45) is 40.4 Å². The molecule has 28 heteroatoms. The first-order chi connectivity index (χ1) is 39.7. The Morgan fingerprint density at radius 2 is 1.19 bits per heavy atom. The maximum atomic E-state index is 12.5. The smallest absolute Gasteiger partial charge is 0.203 e. The number of allylic oxidation sites excluding steroid dienone is 1. The van der Waals surface area contributed by atoms with Crippen molar-refractivity contribution in [1.29, 1.82) is 0 Å². The van der Waals surface area contributed by atoms with Gasteiger partial charge in [-0.1, -0.05) is 32.1 Å². The SMILES string of the molecule is C=C1COC2(OC3CC4C5CC=C6CC(O)CC(OC7OC(CO)C(O)C(OC8OCC(O)C(O)C8O)C7OC7OC(C)C(O)C(O)C7O)C6(C)C5CCC4(C)C3C2CO)C(O)C1OC1OC(C)C(OC2OC(C)C(O)C(O)C2O)C(O)C1O. The van der Waals surface area contributed by atoms with Crippen LogP contribution in [0.15, 0.2) is 23.8 Å². The third-order valence-corrected chi connectivity index (χ3v) is 21.4. The molecule has 7 aliphatic heterocycles. The fourth-order valence-corrected chi connectivity index (χ4v) is 16.6. The van der Waals surface area contributed by atoms with Crippen molar-refractivity contribution in [3.8, 4) is 0 Å². The minimum atomic E-state index is -1.87. The molecule has 28 nitrogen and oxygen atoms in total. The molecule has 11 rings (SSSR count).